The fourth-order valence-corrected chi connectivity index (χ4v) is 3.15. The first-order valence-corrected chi connectivity index (χ1v) is 7.37. The maximum atomic E-state index is 12.3. The van der Waals surface area contributed by atoms with E-state index >= 15 is 0 Å². The number of rotatable bonds is 2. The molecule has 0 radical (unpaired) electrons. The van der Waals surface area contributed by atoms with Crippen molar-refractivity contribution in [3.63, 3.8) is 0 Å². The maximum absolute atomic E-state index is 12.3. The minimum absolute atomic E-state index is 0. The SMILES string of the molecule is CC1CCNCC1NC(=O)c1ccc2c(c1)CCC2.Cl. The molecule has 2 N–H and O–H groups in total. The van der Waals surface area contributed by atoms with Gasteiger partial charge in [0.25, 0.3) is 5.91 Å². The zero-order valence-electron chi connectivity index (χ0n) is 11.9. The van der Waals surface area contributed by atoms with Crippen molar-refractivity contribution >= 4 is 18.3 Å². The highest BCUT2D eigenvalue weighted by Crippen LogP contribution is 2.23. The first kappa shape index (κ1) is 15.3. The zero-order chi connectivity index (χ0) is 13.2. The second kappa shape index (κ2) is 6.59. The number of aryl methyl sites for hydroxylation is 2. The fraction of sp³-hybridized carbons (Fsp3) is 0.562. The number of amides is 1. The molecule has 1 saturated heterocycles. The Labute approximate surface area is 126 Å². The van der Waals surface area contributed by atoms with Gasteiger partial charge >= 0.3 is 0 Å². The van der Waals surface area contributed by atoms with E-state index in [9.17, 15) is 4.79 Å². The molecule has 0 saturated carbocycles. The van der Waals surface area contributed by atoms with Crippen LogP contribution < -0.4 is 10.6 Å². The van der Waals surface area contributed by atoms with Crippen molar-refractivity contribution < 1.29 is 4.79 Å². The number of fused-ring (bicyclic) bond motifs is 1. The summed E-state index contributed by atoms with van der Waals surface area (Å²) in [5.41, 5.74) is 3.60. The van der Waals surface area contributed by atoms with E-state index in [-0.39, 0.29) is 24.4 Å². The first-order valence-electron chi connectivity index (χ1n) is 7.37. The average molecular weight is 295 g/mol. The van der Waals surface area contributed by atoms with Crippen molar-refractivity contribution in [3.8, 4) is 0 Å². The Hall–Kier alpha value is -1.06. The van der Waals surface area contributed by atoms with Gasteiger partial charge in [0.2, 0.25) is 0 Å². The van der Waals surface area contributed by atoms with Gasteiger partial charge in [-0.15, -0.1) is 12.4 Å². The number of hydrogen-bond donors (Lipinski definition) is 2. The van der Waals surface area contributed by atoms with Crippen LogP contribution in [0.15, 0.2) is 18.2 Å². The summed E-state index contributed by atoms with van der Waals surface area (Å²) in [5, 5.41) is 6.52. The molecule has 2 aliphatic rings. The topological polar surface area (TPSA) is 41.1 Å². The number of carbonyl (C=O) groups excluding carboxylic acids is 1. The minimum Gasteiger partial charge on any atom is -0.348 e. The smallest absolute Gasteiger partial charge is 0.251 e. The molecule has 0 spiro atoms. The zero-order valence-corrected chi connectivity index (χ0v) is 12.8. The third-order valence-electron chi connectivity index (χ3n) is 4.50. The Morgan fingerprint density at radius 1 is 1.30 bits per heavy atom. The van der Waals surface area contributed by atoms with E-state index in [2.05, 4.69) is 29.7 Å². The van der Waals surface area contributed by atoms with E-state index in [1.165, 1.54) is 24.0 Å². The Bertz CT molecular complexity index is 489. The van der Waals surface area contributed by atoms with Gasteiger partial charge in [-0.1, -0.05) is 13.0 Å². The van der Waals surface area contributed by atoms with E-state index in [1.807, 2.05) is 6.07 Å². The van der Waals surface area contributed by atoms with Gasteiger partial charge in [0.05, 0.1) is 0 Å². The normalized spacial score (nSPS) is 24.6. The van der Waals surface area contributed by atoms with Gasteiger partial charge in [-0.25, -0.2) is 0 Å². The van der Waals surface area contributed by atoms with Crippen LogP contribution in [0.1, 0.15) is 41.3 Å². The fourth-order valence-electron chi connectivity index (χ4n) is 3.15. The number of halogens is 1. The van der Waals surface area contributed by atoms with Gasteiger partial charge in [0.15, 0.2) is 0 Å². The van der Waals surface area contributed by atoms with E-state index in [4.69, 9.17) is 0 Å². The van der Waals surface area contributed by atoms with Crippen molar-refractivity contribution in [2.24, 2.45) is 5.92 Å². The van der Waals surface area contributed by atoms with Gasteiger partial charge in [-0.05, 0) is 61.4 Å². The van der Waals surface area contributed by atoms with E-state index in [0.29, 0.717) is 5.92 Å². The molecule has 1 amide bonds. The summed E-state index contributed by atoms with van der Waals surface area (Å²) in [4.78, 5) is 12.3. The van der Waals surface area contributed by atoms with Crippen LogP contribution >= 0.6 is 12.4 Å². The summed E-state index contributed by atoms with van der Waals surface area (Å²) in [7, 11) is 0. The van der Waals surface area contributed by atoms with E-state index in [0.717, 1.165) is 31.5 Å². The molecular weight excluding hydrogens is 272 g/mol. The Morgan fingerprint density at radius 2 is 2.10 bits per heavy atom. The van der Waals surface area contributed by atoms with Crippen LogP contribution in [0.4, 0.5) is 0 Å². The monoisotopic (exact) mass is 294 g/mol. The molecular formula is C16H23ClN2O. The summed E-state index contributed by atoms with van der Waals surface area (Å²) >= 11 is 0. The molecule has 20 heavy (non-hydrogen) atoms. The molecule has 2 unspecified atom stereocenters. The minimum atomic E-state index is 0. The number of nitrogens with one attached hydrogen (secondary N) is 2. The van der Waals surface area contributed by atoms with Crippen molar-refractivity contribution in [1.29, 1.82) is 0 Å². The summed E-state index contributed by atoms with van der Waals surface area (Å²) in [6, 6.07) is 6.44. The molecule has 1 fully saturated rings. The summed E-state index contributed by atoms with van der Waals surface area (Å²) < 4.78 is 0. The van der Waals surface area contributed by atoms with Gasteiger partial charge in [0.1, 0.15) is 0 Å². The molecule has 1 aromatic rings. The van der Waals surface area contributed by atoms with Crippen LogP contribution in [-0.4, -0.2) is 25.0 Å². The lowest BCUT2D eigenvalue weighted by Crippen LogP contribution is -2.50. The van der Waals surface area contributed by atoms with Crippen molar-refractivity contribution in [2.75, 3.05) is 13.1 Å². The molecule has 0 aromatic heterocycles. The molecule has 2 atom stereocenters. The van der Waals surface area contributed by atoms with Crippen LogP contribution in [0.25, 0.3) is 0 Å². The molecule has 0 bridgehead atoms. The van der Waals surface area contributed by atoms with Crippen LogP contribution in [0.3, 0.4) is 0 Å². The van der Waals surface area contributed by atoms with Gasteiger partial charge in [-0.3, -0.25) is 4.79 Å². The third-order valence-corrected chi connectivity index (χ3v) is 4.50. The molecule has 3 rings (SSSR count). The average Bonchev–Trinajstić information content (AvgIpc) is 2.88. The molecule has 1 aliphatic heterocycles. The molecule has 1 heterocycles. The van der Waals surface area contributed by atoms with E-state index < -0.39 is 0 Å². The molecule has 1 aromatic carbocycles. The Balaban J connectivity index is 0.00000147. The highest BCUT2D eigenvalue weighted by molar-refractivity contribution is 5.94. The second-order valence-corrected chi connectivity index (χ2v) is 5.89. The second-order valence-electron chi connectivity index (χ2n) is 5.89. The summed E-state index contributed by atoms with van der Waals surface area (Å²) in [6.45, 7) is 4.17. The number of hydrogen-bond acceptors (Lipinski definition) is 2. The Morgan fingerprint density at radius 3 is 2.90 bits per heavy atom. The maximum Gasteiger partial charge on any atom is 0.251 e. The van der Waals surface area contributed by atoms with Gasteiger partial charge in [-0.2, -0.15) is 0 Å². The quantitative estimate of drug-likeness (QED) is 0.879. The van der Waals surface area contributed by atoms with Gasteiger partial charge < -0.3 is 10.6 Å². The molecule has 1 aliphatic carbocycles. The van der Waals surface area contributed by atoms with Crippen molar-refractivity contribution in [2.45, 2.75) is 38.6 Å². The van der Waals surface area contributed by atoms with Crippen LogP contribution in [0, 0.1) is 5.92 Å². The lowest BCUT2D eigenvalue weighted by Gasteiger charge is -2.30. The molecule has 3 nitrogen and oxygen atoms in total. The van der Waals surface area contributed by atoms with Crippen LogP contribution in [0.2, 0.25) is 0 Å². The standard InChI is InChI=1S/C16H22N2O.ClH/c1-11-7-8-17-10-15(11)18-16(19)14-6-5-12-3-2-4-13(12)9-14;/h5-6,9,11,15,17H,2-4,7-8,10H2,1H3,(H,18,19);1H. The largest absolute Gasteiger partial charge is 0.348 e. The number of benzene rings is 1. The predicted octanol–water partition coefficient (Wildman–Crippen LogP) is 2.32. The van der Waals surface area contributed by atoms with Crippen LogP contribution in [0.5, 0.6) is 0 Å². The summed E-state index contributed by atoms with van der Waals surface area (Å²) in [6.07, 6.45) is 4.65. The predicted molar refractivity (Wildman–Crippen MR) is 83.6 cm³/mol. The number of piperidine rings is 1. The summed E-state index contributed by atoms with van der Waals surface area (Å²) in [5.74, 6) is 0.634. The van der Waals surface area contributed by atoms with Crippen molar-refractivity contribution in [3.05, 3.63) is 34.9 Å². The lowest BCUT2D eigenvalue weighted by molar-refractivity contribution is 0.0915. The lowest BCUT2D eigenvalue weighted by atomic mass is 9.94. The highest BCUT2D eigenvalue weighted by Gasteiger charge is 2.23. The highest BCUT2D eigenvalue weighted by atomic mass is 35.5. The van der Waals surface area contributed by atoms with Crippen molar-refractivity contribution in [1.82, 2.24) is 10.6 Å². The molecule has 4 heteroatoms. The van der Waals surface area contributed by atoms with E-state index in [1.54, 1.807) is 0 Å². The van der Waals surface area contributed by atoms with Crippen LogP contribution in [-0.2, 0) is 12.8 Å². The third kappa shape index (κ3) is 3.15. The number of carbonyl (C=O) groups is 1. The van der Waals surface area contributed by atoms with Gasteiger partial charge in [0, 0.05) is 18.2 Å². The molecule has 110 valence electrons. The first-order chi connectivity index (χ1) is 9.24. The Kier molecular flexibility index (Phi) is 5.06.